The summed E-state index contributed by atoms with van der Waals surface area (Å²) in [5, 5.41) is 3.03. The number of anilines is 2. The van der Waals surface area contributed by atoms with Gasteiger partial charge in [-0.2, -0.15) is 0 Å². The maximum atomic E-state index is 5.88. The summed E-state index contributed by atoms with van der Waals surface area (Å²) in [5.74, 6) is 0.706. The summed E-state index contributed by atoms with van der Waals surface area (Å²) < 4.78 is 5.11. The van der Waals surface area contributed by atoms with Crippen LogP contribution < -0.4 is 15.8 Å². The molecule has 0 spiro atoms. The van der Waals surface area contributed by atoms with Crippen LogP contribution in [0.3, 0.4) is 0 Å². The zero-order valence-electron chi connectivity index (χ0n) is 7.37. The molecule has 68 valence electrons. The smallest absolute Gasteiger partial charge is 0.142 e. The molecule has 4 nitrogen and oxygen atoms in total. The first-order valence-corrected chi connectivity index (χ1v) is 4.03. The number of nitrogen functional groups attached to an aromatic ring is 1. The second kappa shape index (κ2) is 2.97. The largest absolute Gasteiger partial charge is 0.495 e. The van der Waals surface area contributed by atoms with Gasteiger partial charge in [0.1, 0.15) is 5.75 Å². The minimum atomic E-state index is 0.616. The van der Waals surface area contributed by atoms with Gasteiger partial charge in [0.05, 0.1) is 25.7 Å². The van der Waals surface area contributed by atoms with Crippen molar-refractivity contribution in [3.8, 4) is 5.75 Å². The van der Waals surface area contributed by atoms with Crippen LogP contribution in [0.15, 0.2) is 17.1 Å². The number of methoxy groups -OCH3 is 1. The first kappa shape index (κ1) is 7.91. The molecular weight excluding hydrogens is 166 g/mol. The van der Waals surface area contributed by atoms with E-state index in [9.17, 15) is 0 Å². The molecule has 0 fully saturated rings. The monoisotopic (exact) mass is 177 g/mol. The summed E-state index contributed by atoms with van der Waals surface area (Å²) >= 11 is 0. The summed E-state index contributed by atoms with van der Waals surface area (Å²) in [6.07, 6.45) is 1.67. The normalized spacial score (nSPS) is 13.3. The second-order valence-corrected chi connectivity index (χ2v) is 2.82. The number of nitrogens with one attached hydrogen (secondary N) is 1. The Morgan fingerprint density at radius 2 is 2.38 bits per heavy atom. The van der Waals surface area contributed by atoms with Gasteiger partial charge in [0.15, 0.2) is 0 Å². The van der Waals surface area contributed by atoms with Crippen LogP contribution in [0.5, 0.6) is 5.75 Å². The third-order valence-electron chi connectivity index (χ3n) is 2.10. The van der Waals surface area contributed by atoms with E-state index >= 15 is 0 Å². The lowest BCUT2D eigenvalue weighted by atomic mass is 10.1. The molecule has 0 aromatic heterocycles. The molecular formula is C9H11N3O. The predicted molar refractivity (Wildman–Crippen MR) is 53.2 cm³/mol. The maximum Gasteiger partial charge on any atom is 0.142 e. The lowest BCUT2D eigenvalue weighted by molar-refractivity contribution is 0.416. The Balaban J connectivity index is 2.52. The molecule has 1 heterocycles. The lowest BCUT2D eigenvalue weighted by Gasteiger charge is -2.16. The van der Waals surface area contributed by atoms with Gasteiger partial charge in [-0.15, -0.1) is 0 Å². The van der Waals surface area contributed by atoms with Crippen LogP contribution in [0.2, 0.25) is 0 Å². The number of aliphatic imine (C=N–C) groups is 1. The molecule has 1 aliphatic heterocycles. The van der Waals surface area contributed by atoms with E-state index in [1.807, 2.05) is 12.1 Å². The summed E-state index contributed by atoms with van der Waals surface area (Å²) in [7, 11) is 1.61. The van der Waals surface area contributed by atoms with Crippen molar-refractivity contribution in [2.24, 2.45) is 4.99 Å². The molecule has 1 aromatic carbocycles. The second-order valence-electron chi connectivity index (χ2n) is 2.82. The van der Waals surface area contributed by atoms with E-state index in [0.717, 1.165) is 11.3 Å². The van der Waals surface area contributed by atoms with Crippen LogP contribution in [0.4, 0.5) is 11.4 Å². The Labute approximate surface area is 76.4 Å². The zero-order valence-corrected chi connectivity index (χ0v) is 7.37. The fourth-order valence-corrected chi connectivity index (χ4v) is 1.38. The number of rotatable bonds is 1. The Bertz CT molecular complexity index is 360. The minimum Gasteiger partial charge on any atom is -0.495 e. The minimum absolute atomic E-state index is 0.616. The summed E-state index contributed by atoms with van der Waals surface area (Å²) in [6.45, 7) is 0.616. The Kier molecular flexibility index (Phi) is 1.81. The summed E-state index contributed by atoms with van der Waals surface area (Å²) in [4.78, 5) is 4.08. The topological polar surface area (TPSA) is 59.6 Å². The van der Waals surface area contributed by atoms with Crippen LogP contribution in [0.25, 0.3) is 0 Å². The van der Waals surface area contributed by atoms with Crippen molar-refractivity contribution in [3.05, 3.63) is 17.7 Å². The average molecular weight is 177 g/mol. The van der Waals surface area contributed by atoms with E-state index in [4.69, 9.17) is 10.5 Å². The van der Waals surface area contributed by atoms with E-state index in [2.05, 4.69) is 10.3 Å². The standard InChI is InChI=1S/C9H11N3O/c1-13-8-3-2-7-6(9(8)10)4-11-5-12-7/h2-3,5H,4,10H2,1H3,(H,11,12). The van der Waals surface area contributed by atoms with Crippen molar-refractivity contribution in [2.45, 2.75) is 6.54 Å². The molecule has 4 heteroatoms. The van der Waals surface area contributed by atoms with Crippen molar-refractivity contribution < 1.29 is 4.74 Å². The number of hydrogen-bond donors (Lipinski definition) is 2. The van der Waals surface area contributed by atoms with Gasteiger partial charge >= 0.3 is 0 Å². The molecule has 0 unspecified atom stereocenters. The number of fused-ring (bicyclic) bond motifs is 1. The number of nitrogens with zero attached hydrogens (tertiary/aromatic N) is 1. The highest BCUT2D eigenvalue weighted by atomic mass is 16.5. The molecule has 0 saturated carbocycles. The molecule has 2 rings (SSSR count). The summed E-state index contributed by atoms with van der Waals surface area (Å²) in [5.41, 5.74) is 8.56. The van der Waals surface area contributed by atoms with Crippen LogP contribution >= 0.6 is 0 Å². The fourth-order valence-electron chi connectivity index (χ4n) is 1.38. The number of nitrogens with two attached hydrogens (primary N) is 1. The van der Waals surface area contributed by atoms with Gasteiger partial charge in [0, 0.05) is 11.3 Å². The van der Waals surface area contributed by atoms with Gasteiger partial charge in [-0.05, 0) is 12.1 Å². The Hall–Kier alpha value is -1.71. The highest BCUT2D eigenvalue weighted by Crippen LogP contribution is 2.32. The van der Waals surface area contributed by atoms with E-state index in [0.29, 0.717) is 18.0 Å². The van der Waals surface area contributed by atoms with Gasteiger partial charge in [-0.3, -0.25) is 4.99 Å². The molecule has 0 aliphatic carbocycles. The van der Waals surface area contributed by atoms with E-state index in [1.165, 1.54) is 0 Å². The van der Waals surface area contributed by atoms with Gasteiger partial charge in [-0.1, -0.05) is 0 Å². The van der Waals surface area contributed by atoms with Crippen molar-refractivity contribution in [1.29, 1.82) is 0 Å². The van der Waals surface area contributed by atoms with Crippen molar-refractivity contribution >= 4 is 17.7 Å². The SMILES string of the molecule is COc1ccc2c(c1N)CN=CN2. The summed E-state index contributed by atoms with van der Waals surface area (Å²) in [6, 6.07) is 3.79. The molecule has 1 aliphatic rings. The van der Waals surface area contributed by atoms with Crippen LogP contribution in [-0.2, 0) is 6.54 Å². The third kappa shape index (κ3) is 1.20. The van der Waals surface area contributed by atoms with Gasteiger partial charge in [0.25, 0.3) is 0 Å². The predicted octanol–water partition coefficient (Wildman–Crippen LogP) is 1.23. The van der Waals surface area contributed by atoms with Crippen molar-refractivity contribution in [2.75, 3.05) is 18.2 Å². The Morgan fingerprint density at radius 1 is 1.54 bits per heavy atom. The highest BCUT2D eigenvalue weighted by Gasteiger charge is 2.12. The first-order valence-electron chi connectivity index (χ1n) is 4.03. The van der Waals surface area contributed by atoms with Crippen LogP contribution in [-0.4, -0.2) is 13.4 Å². The quantitative estimate of drug-likeness (QED) is 0.634. The lowest BCUT2D eigenvalue weighted by Crippen LogP contribution is -2.08. The van der Waals surface area contributed by atoms with Gasteiger partial charge < -0.3 is 15.8 Å². The van der Waals surface area contributed by atoms with E-state index in [1.54, 1.807) is 13.4 Å². The molecule has 1 aromatic rings. The van der Waals surface area contributed by atoms with Crippen molar-refractivity contribution in [1.82, 2.24) is 0 Å². The Morgan fingerprint density at radius 3 is 3.15 bits per heavy atom. The van der Waals surface area contributed by atoms with Gasteiger partial charge in [0.2, 0.25) is 0 Å². The van der Waals surface area contributed by atoms with Crippen LogP contribution in [0, 0.1) is 0 Å². The highest BCUT2D eigenvalue weighted by molar-refractivity contribution is 5.83. The molecule has 0 amide bonds. The molecule has 13 heavy (non-hydrogen) atoms. The van der Waals surface area contributed by atoms with Crippen LogP contribution in [0.1, 0.15) is 5.56 Å². The maximum absolute atomic E-state index is 5.88. The van der Waals surface area contributed by atoms with Gasteiger partial charge in [-0.25, -0.2) is 0 Å². The molecule has 0 radical (unpaired) electrons. The van der Waals surface area contributed by atoms with E-state index in [-0.39, 0.29) is 0 Å². The molecule has 0 bridgehead atoms. The number of hydrogen-bond acceptors (Lipinski definition) is 4. The zero-order chi connectivity index (χ0) is 9.26. The van der Waals surface area contributed by atoms with E-state index < -0.39 is 0 Å². The number of benzene rings is 1. The molecule has 0 saturated heterocycles. The molecule has 0 atom stereocenters. The fraction of sp³-hybridized carbons (Fsp3) is 0.222. The van der Waals surface area contributed by atoms with Crippen molar-refractivity contribution in [3.63, 3.8) is 0 Å². The average Bonchev–Trinajstić information content (AvgIpc) is 2.19. The third-order valence-corrected chi connectivity index (χ3v) is 2.10. The molecule has 3 N–H and O–H groups in total. The number of ether oxygens (including phenoxy) is 1. The first-order chi connectivity index (χ1) is 6.33.